The minimum absolute atomic E-state index is 0.163. The lowest BCUT2D eigenvalue weighted by Gasteiger charge is -2.19. The predicted octanol–water partition coefficient (Wildman–Crippen LogP) is 3.52. The molecule has 3 heterocycles. The summed E-state index contributed by atoms with van der Waals surface area (Å²) in [6.45, 7) is 0. The molecule has 0 radical (unpaired) electrons. The molecule has 0 bridgehead atoms. The predicted molar refractivity (Wildman–Crippen MR) is 132 cm³/mol. The maximum Gasteiger partial charge on any atom is 0.344 e. The zero-order valence-corrected chi connectivity index (χ0v) is 19.0. The lowest BCUT2D eigenvalue weighted by atomic mass is 9.88. The number of hydrogen-bond donors (Lipinski definition) is 1. The highest BCUT2D eigenvalue weighted by Gasteiger charge is 2.44. The average Bonchev–Trinajstić information content (AvgIpc) is 3.38. The number of benzene rings is 3. The largest absolute Gasteiger partial charge is 0.478 e. The van der Waals surface area contributed by atoms with E-state index in [-0.39, 0.29) is 17.2 Å². The number of anilines is 1. The van der Waals surface area contributed by atoms with Crippen LogP contribution in [-0.4, -0.2) is 21.1 Å². The monoisotopic (exact) mass is 467 g/mol. The van der Waals surface area contributed by atoms with E-state index in [4.69, 9.17) is 9.15 Å². The topological polar surface area (TPSA) is 95.5 Å². The number of fused-ring (bicyclic) bond motifs is 4. The van der Waals surface area contributed by atoms with Gasteiger partial charge >= 0.3 is 11.3 Å². The standard InChI is InChI=1S/C27H21N3O5/c1-29-18-13-12-15(14-19(18)30(2)27(29)33)21-22-23(17-10-6-7-11-20(17)34-26(22)32)35-24(21)25(31)28-16-8-4-3-5-9-16/h3-14,21,24H,1-2H3,(H,28,31). The first-order chi connectivity index (χ1) is 16.9. The van der Waals surface area contributed by atoms with E-state index in [2.05, 4.69) is 5.32 Å². The Morgan fingerprint density at radius 2 is 1.60 bits per heavy atom. The van der Waals surface area contributed by atoms with Crippen LogP contribution in [0.4, 0.5) is 5.69 Å². The smallest absolute Gasteiger partial charge is 0.344 e. The molecule has 2 unspecified atom stereocenters. The Morgan fingerprint density at radius 1 is 0.886 bits per heavy atom. The molecule has 8 nitrogen and oxygen atoms in total. The van der Waals surface area contributed by atoms with Gasteiger partial charge in [-0.25, -0.2) is 9.59 Å². The van der Waals surface area contributed by atoms with Gasteiger partial charge in [-0.2, -0.15) is 0 Å². The Balaban J connectivity index is 1.55. The molecule has 5 aromatic rings. The molecule has 0 saturated heterocycles. The fraction of sp³-hybridized carbons (Fsp3) is 0.148. The first-order valence-electron chi connectivity index (χ1n) is 11.2. The van der Waals surface area contributed by atoms with E-state index in [0.29, 0.717) is 33.5 Å². The van der Waals surface area contributed by atoms with Crippen LogP contribution in [0.1, 0.15) is 17.0 Å². The second-order valence-corrected chi connectivity index (χ2v) is 8.65. The summed E-state index contributed by atoms with van der Waals surface area (Å²) in [6, 6.07) is 21.6. The number of carbonyl (C=O) groups excluding carboxylic acids is 1. The molecule has 0 aliphatic carbocycles. The number of hydrogen-bond acceptors (Lipinski definition) is 5. The quantitative estimate of drug-likeness (QED) is 0.410. The van der Waals surface area contributed by atoms with Crippen LogP contribution in [0.2, 0.25) is 0 Å². The third kappa shape index (κ3) is 3.18. The summed E-state index contributed by atoms with van der Waals surface area (Å²) in [4.78, 5) is 39.1. The third-order valence-corrected chi connectivity index (χ3v) is 6.61. The van der Waals surface area contributed by atoms with Crippen LogP contribution in [0.3, 0.4) is 0 Å². The molecule has 35 heavy (non-hydrogen) atoms. The Hall–Kier alpha value is -4.59. The van der Waals surface area contributed by atoms with Crippen molar-refractivity contribution in [2.24, 2.45) is 14.1 Å². The number of nitrogens with zero attached hydrogens (tertiary/aromatic N) is 2. The molecule has 0 spiro atoms. The van der Waals surface area contributed by atoms with Gasteiger partial charge in [0.25, 0.3) is 5.91 Å². The number of aromatic nitrogens is 2. The van der Waals surface area contributed by atoms with Gasteiger partial charge in [0, 0.05) is 19.8 Å². The lowest BCUT2D eigenvalue weighted by molar-refractivity contribution is -0.122. The van der Waals surface area contributed by atoms with Crippen molar-refractivity contribution in [3.05, 3.63) is 105 Å². The van der Waals surface area contributed by atoms with Crippen LogP contribution in [0.15, 0.2) is 86.8 Å². The van der Waals surface area contributed by atoms with E-state index in [0.717, 1.165) is 5.52 Å². The number of imidazole rings is 1. The van der Waals surface area contributed by atoms with E-state index >= 15 is 0 Å². The summed E-state index contributed by atoms with van der Waals surface area (Å²) in [5, 5.41) is 3.51. The van der Waals surface area contributed by atoms with Crippen molar-refractivity contribution >= 4 is 33.6 Å². The molecule has 3 aromatic carbocycles. The molecule has 1 aliphatic heterocycles. The van der Waals surface area contributed by atoms with Crippen LogP contribution in [0, 0.1) is 0 Å². The molecular formula is C27H21N3O5. The molecule has 2 atom stereocenters. The fourth-order valence-corrected chi connectivity index (χ4v) is 4.88. The van der Waals surface area contributed by atoms with Crippen molar-refractivity contribution in [2.75, 3.05) is 5.32 Å². The van der Waals surface area contributed by atoms with Crippen LogP contribution >= 0.6 is 0 Å². The Labute approximate surface area is 199 Å². The Morgan fingerprint density at radius 3 is 2.40 bits per heavy atom. The van der Waals surface area contributed by atoms with Gasteiger partial charge in [-0.15, -0.1) is 0 Å². The van der Waals surface area contributed by atoms with Gasteiger partial charge in [0.2, 0.25) is 0 Å². The van der Waals surface area contributed by atoms with Crippen molar-refractivity contribution in [1.29, 1.82) is 0 Å². The van der Waals surface area contributed by atoms with Crippen LogP contribution in [0.5, 0.6) is 5.75 Å². The van der Waals surface area contributed by atoms with E-state index in [9.17, 15) is 14.4 Å². The van der Waals surface area contributed by atoms with E-state index in [1.165, 1.54) is 4.57 Å². The number of ether oxygens (including phenoxy) is 1. The molecule has 0 saturated carbocycles. The van der Waals surface area contributed by atoms with Gasteiger partial charge < -0.3 is 14.5 Å². The minimum atomic E-state index is -1.02. The minimum Gasteiger partial charge on any atom is -0.478 e. The second kappa shape index (κ2) is 7.73. The molecular weight excluding hydrogens is 446 g/mol. The third-order valence-electron chi connectivity index (χ3n) is 6.61. The zero-order valence-electron chi connectivity index (χ0n) is 19.0. The van der Waals surface area contributed by atoms with E-state index < -0.39 is 17.6 Å². The second-order valence-electron chi connectivity index (χ2n) is 8.65. The highest BCUT2D eigenvalue weighted by molar-refractivity contribution is 5.98. The average molecular weight is 467 g/mol. The van der Waals surface area contributed by atoms with Crippen molar-refractivity contribution in [3.8, 4) is 5.75 Å². The summed E-state index contributed by atoms with van der Waals surface area (Å²) in [5.41, 5.74) is 2.69. The fourth-order valence-electron chi connectivity index (χ4n) is 4.88. The maximum absolute atomic E-state index is 13.5. The Bertz CT molecular complexity index is 1750. The van der Waals surface area contributed by atoms with Gasteiger partial charge in [0.1, 0.15) is 11.3 Å². The highest BCUT2D eigenvalue weighted by Crippen LogP contribution is 2.45. The zero-order chi connectivity index (χ0) is 24.3. The lowest BCUT2D eigenvalue weighted by Crippen LogP contribution is -2.35. The number of nitrogens with one attached hydrogen (secondary N) is 1. The summed E-state index contributed by atoms with van der Waals surface area (Å²) in [7, 11) is 3.39. The summed E-state index contributed by atoms with van der Waals surface area (Å²) in [6.07, 6.45) is -1.02. The SMILES string of the molecule is Cn1c(=O)n(C)c2cc(C3c4c(c5ccccc5oc4=O)OC3C(=O)Nc3ccccc3)ccc21. The number of rotatable bonds is 3. The van der Waals surface area contributed by atoms with Crippen molar-refractivity contribution in [1.82, 2.24) is 9.13 Å². The molecule has 2 aromatic heterocycles. The van der Waals surface area contributed by atoms with Crippen LogP contribution in [-0.2, 0) is 18.9 Å². The maximum atomic E-state index is 13.5. The highest BCUT2D eigenvalue weighted by atomic mass is 16.5. The molecule has 1 amide bonds. The Kier molecular flexibility index (Phi) is 4.63. The normalized spacial score (nSPS) is 16.9. The van der Waals surface area contributed by atoms with Crippen molar-refractivity contribution < 1.29 is 13.9 Å². The molecule has 0 fully saturated rings. The molecule has 6 rings (SSSR count). The van der Waals surface area contributed by atoms with E-state index in [1.807, 2.05) is 42.5 Å². The van der Waals surface area contributed by atoms with Crippen LogP contribution in [0.25, 0.3) is 22.0 Å². The van der Waals surface area contributed by atoms with Gasteiger partial charge in [0.15, 0.2) is 6.10 Å². The number of amides is 1. The van der Waals surface area contributed by atoms with Crippen LogP contribution < -0.4 is 21.4 Å². The van der Waals surface area contributed by atoms with Gasteiger partial charge in [-0.1, -0.05) is 36.4 Å². The van der Waals surface area contributed by atoms with Gasteiger partial charge in [0.05, 0.1) is 27.9 Å². The number of carbonyl (C=O) groups is 1. The van der Waals surface area contributed by atoms with Gasteiger partial charge in [-0.05, 0) is 42.0 Å². The summed E-state index contributed by atoms with van der Waals surface area (Å²) in [5.74, 6) is -0.769. The van der Waals surface area contributed by atoms with Gasteiger partial charge in [-0.3, -0.25) is 13.9 Å². The molecule has 174 valence electrons. The summed E-state index contributed by atoms with van der Waals surface area (Å²) >= 11 is 0. The van der Waals surface area contributed by atoms with Crippen molar-refractivity contribution in [2.45, 2.75) is 12.0 Å². The first-order valence-corrected chi connectivity index (χ1v) is 11.2. The summed E-state index contributed by atoms with van der Waals surface area (Å²) < 4.78 is 14.9. The molecule has 8 heteroatoms. The first kappa shape index (κ1) is 21.0. The van der Waals surface area contributed by atoms with E-state index in [1.54, 1.807) is 49.0 Å². The molecule has 1 aliphatic rings. The van der Waals surface area contributed by atoms with Crippen molar-refractivity contribution in [3.63, 3.8) is 0 Å². The molecule has 1 N–H and O–H groups in total. The number of para-hydroxylation sites is 2. The number of aryl methyl sites for hydroxylation is 2.